The maximum atomic E-state index is 6.34. The van der Waals surface area contributed by atoms with Gasteiger partial charge in [0.2, 0.25) is 0 Å². The van der Waals surface area contributed by atoms with E-state index < -0.39 is 0 Å². The van der Waals surface area contributed by atoms with E-state index in [1.54, 1.807) is 11.3 Å². The second-order valence-electron chi connectivity index (χ2n) is 4.44. The van der Waals surface area contributed by atoms with Crippen molar-refractivity contribution in [2.75, 3.05) is 0 Å². The van der Waals surface area contributed by atoms with Crippen molar-refractivity contribution in [1.29, 1.82) is 0 Å². The molecule has 90 valence electrons. The van der Waals surface area contributed by atoms with E-state index in [0.717, 1.165) is 16.5 Å². The number of fused-ring (bicyclic) bond motifs is 1. The van der Waals surface area contributed by atoms with Crippen LogP contribution in [-0.4, -0.2) is 4.98 Å². The van der Waals surface area contributed by atoms with Crippen LogP contribution in [-0.2, 0) is 0 Å². The normalized spacial score (nSPS) is 12.8. The predicted molar refractivity (Wildman–Crippen MR) is 76.8 cm³/mol. The van der Waals surface area contributed by atoms with Gasteiger partial charge in [-0.1, -0.05) is 12.1 Å². The molecule has 2 heterocycles. The van der Waals surface area contributed by atoms with E-state index in [0.29, 0.717) is 0 Å². The number of hydrogen-bond donors (Lipinski definition) is 1. The minimum absolute atomic E-state index is 0.0548. The third-order valence-corrected chi connectivity index (χ3v) is 4.10. The van der Waals surface area contributed by atoms with Crippen molar-refractivity contribution in [2.24, 2.45) is 5.73 Å². The van der Waals surface area contributed by atoms with Crippen molar-refractivity contribution >= 4 is 22.2 Å². The van der Waals surface area contributed by atoms with Crippen LogP contribution in [0.2, 0.25) is 0 Å². The fourth-order valence-electron chi connectivity index (χ4n) is 2.16. The minimum atomic E-state index is -0.0548. The van der Waals surface area contributed by atoms with Crippen LogP contribution in [0.3, 0.4) is 0 Å². The van der Waals surface area contributed by atoms with Gasteiger partial charge >= 0.3 is 0 Å². The van der Waals surface area contributed by atoms with Crippen molar-refractivity contribution in [3.63, 3.8) is 0 Å². The van der Waals surface area contributed by atoms with Crippen LogP contribution in [0, 0.1) is 6.92 Å². The van der Waals surface area contributed by atoms with Gasteiger partial charge in [-0.25, -0.2) is 0 Å². The van der Waals surface area contributed by atoms with Gasteiger partial charge in [0.1, 0.15) is 0 Å². The zero-order valence-electron chi connectivity index (χ0n) is 10.1. The molecule has 0 amide bonds. The van der Waals surface area contributed by atoms with Gasteiger partial charge in [-0.15, -0.1) is 0 Å². The SMILES string of the molecule is Cc1cscc1C(N)c1ccc2ncccc2c1. The van der Waals surface area contributed by atoms with Gasteiger partial charge in [0.25, 0.3) is 0 Å². The topological polar surface area (TPSA) is 38.9 Å². The summed E-state index contributed by atoms with van der Waals surface area (Å²) in [4.78, 5) is 4.32. The zero-order valence-corrected chi connectivity index (χ0v) is 10.9. The number of thiophene rings is 1. The van der Waals surface area contributed by atoms with Gasteiger partial charge in [0.15, 0.2) is 0 Å². The van der Waals surface area contributed by atoms with E-state index in [1.165, 1.54) is 11.1 Å². The monoisotopic (exact) mass is 254 g/mol. The lowest BCUT2D eigenvalue weighted by atomic mass is 9.98. The average Bonchev–Trinajstić information content (AvgIpc) is 2.83. The highest BCUT2D eigenvalue weighted by Gasteiger charge is 2.12. The van der Waals surface area contributed by atoms with E-state index in [1.807, 2.05) is 18.3 Å². The Bertz CT molecular complexity index is 688. The molecule has 0 bridgehead atoms. The number of nitrogens with two attached hydrogens (primary N) is 1. The lowest BCUT2D eigenvalue weighted by molar-refractivity contribution is 0.870. The van der Waals surface area contributed by atoms with Crippen molar-refractivity contribution in [3.05, 3.63) is 64.0 Å². The molecule has 0 saturated carbocycles. The van der Waals surface area contributed by atoms with Gasteiger partial charge in [0, 0.05) is 11.6 Å². The van der Waals surface area contributed by atoms with Crippen molar-refractivity contribution in [3.8, 4) is 0 Å². The Hall–Kier alpha value is -1.71. The van der Waals surface area contributed by atoms with Gasteiger partial charge in [-0.2, -0.15) is 11.3 Å². The molecular formula is C15H14N2S. The van der Waals surface area contributed by atoms with Gasteiger partial charge in [-0.05, 0) is 52.6 Å². The molecule has 0 spiro atoms. The first kappa shape index (κ1) is 11.4. The predicted octanol–water partition coefficient (Wildman–Crippen LogP) is 3.65. The molecule has 0 saturated heterocycles. The second kappa shape index (κ2) is 4.52. The molecule has 3 heteroatoms. The molecule has 3 rings (SSSR count). The molecule has 0 radical (unpaired) electrons. The summed E-state index contributed by atoms with van der Waals surface area (Å²) in [6.45, 7) is 2.11. The smallest absolute Gasteiger partial charge is 0.0702 e. The largest absolute Gasteiger partial charge is 0.320 e. The lowest BCUT2D eigenvalue weighted by Gasteiger charge is -2.12. The Labute approximate surface area is 110 Å². The van der Waals surface area contributed by atoms with E-state index in [9.17, 15) is 0 Å². The molecule has 2 nitrogen and oxygen atoms in total. The zero-order chi connectivity index (χ0) is 12.5. The number of pyridine rings is 1. The standard InChI is InChI=1S/C15H14N2S/c1-10-8-18-9-13(10)15(16)12-4-5-14-11(7-12)3-2-6-17-14/h2-9,15H,16H2,1H3. The lowest BCUT2D eigenvalue weighted by Crippen LogP contribution is -2.11. The Morgan fingerprint density at radius 3 is 2.89 bits per heavy atom. The van der Waals surface area contributed by atoms with Crippen LogP contribution in [0.5, 0.6) is 0 Å². The summed E-state index contributed by atoms with van der Waals surface area (Å²) in [5.41, 5.74) is 11.0. The Balaban J connectivity index is 2.07. The maximum absolute atomic E-state index is 6.34. The van der Waals surface area contributed by atoms with Crippen LogP contribution in [0.4, 0.5) is 0 Å². The highest BCUT2D eigenvalue weighted by atomic mass is 32.1. The first-order valence-electron chi connectivity index (χ1n) is 5.88. The maximum Gasteiger partial charge on any atom is 0.0702 e. The summed E-state index contributed by atoms with van der Waals surface area (Å²) in [6.07, 6.45) is 1.81. The number of aryl methyl sites for hydroxylation is 1. The van der Waals surface area contributed by atoms with Crippen LogP contribution < -0.4 is 5.73 Å². The van der Waals surface area contributed by atoms with Gasteiger partial charge < -0.3 is 5.73 Å². The first-order chi connectivity index (χ1) is 8.75. The summed E-state index contributed by atoms with van der Waals surface area (Å²) in [7, 11) is 0. The fourth-order valence-corrected chi connectivity index (χ4v) is 3.04. The summed E-state index contributed by atoms with van der Waals surface area (Å²) in [5, 5.41) is 5.41. The number of aromatic nitrogens is 1. The van der Waals surface area contributed by atoms with Crippen LogP contribution >= 0.6 is 11.3 Å². The molecule has 0 aliphatic carbocycles. The van der Waals surface area contributed by atoms with E-state index in [-0.39, 0.29) is 6.04 Å². The highest BCUT2D eigenvalue weighted by molar-refractivity contribution is 7.08. The summed E-state index contributed by atoms with van der Waals surface area (Å²) >= 11 is 1.70. The first-order valence-corrected chi connectivity index (χ1v) is 6.83. The van der Waals surface area contributed by atoms with E-state index >= 15 is 0 Å². The average molecular weight is 254 g/mol. The quantitative estimate of drug-likeness (QED) is 0.758. The molecule has 0 aliphatic heterocycles. The summed E-state index contributed by atoms with van der Waals surface area (Å²) < 4.78 is 0. The number of nitrogens with zero attached hydrogens (tertiary/aromatic N) is 1. The number of rotatable bonds is 2. The molecule has 1 unspecified atom stereocenters. The van der Waals surface area contributed by atoms with Crippen LogP contribution in [0.1, 0.15) is 22.7 Å². The molecule has 2 N–H and O–H groups in total. The Kier molecular flexibility index (Phi) is 2.86. The Morgan fingerprint density at radius 1 is 1.22 bits per heavy atom. The van der Waals surface area contributed by atoms with Crippen molar-refractivity contribution in [1.82, 2.24) is 4.98 Å². The molecule has 2 aromatic heterocycles. The minimum Gasteiger partial charge on any atom is -0.320 e. The van der Waals surface area contributed by atoms with Gasteiger partial charge in [0.05, 0.1) is 11.6 Å². The third-order valence-electron chi connectivity index (χ3n) is 3.22. The molecule has 3 aromatic rings. The fraction of sp³-hybridized carbons (Fsp3) is 0.133. The third kappa shape index (κ3) is 1.92. The summed E-state index contributed by atoms with van der Waals surface area (Å²) in [6, 6.07) is 10.2. The molecule has 0 fully saturated rings. The molecular weight excluding hydrogens is 240 g/mol. The van der Waals surface area contributed by atoms with Crippen molar-refractivity contribution in [2.45, 2.75) is 13.0 Å². The van der Waals surface area contributed by atoms with Crippen LogP contribution in [0.15, 0.2) is 47.3 Å². The summed E-state index contributed by atoms with van der Waals surface area (Å²) in [5.74, 6) is 0. The van der Waals surface area contributed by atoms with E-state index in [4.69, 9.17) is 5.73 Å². The van der Waals surface area contributed by atoms with Crippen molar-refractivity contribution < 1.29 is 0 Å². The van der Waals surface area contributed by atoms with Gasteiger partial charge in [-0.3, -0.25) is 4.98 Å². The highest BCUT2D eigenvalue weighted by Crippen LogP contribution is 2.27. The number of benzene rings is 1. The number of hydrogen-bond acceptors (Lipinski definition) is 3. The van der Waals surface area contributed by atoms with E-state index in [2.05, 4.69) is 40.9 Å². The second-order valence-corrected chi connectivity index (χ2v) is 5.19. The molecule has 1 atom stereocenters. The molecule has 0 aliphatic rings. The van der Waals surface area contributed by atoms with Crippen LogP contribution in [0.25, 0.3) is 10.9 Å². The molecule has 1 aromatic carbocycles. The Morgan fingerprint density at radius 2 is 2.11 bits per heavy atom. The molecule has 18 heavy (non-hydrogen) atoms.